The number of hydrogen-bond donors (Lipinski definition) is 2. The van der Waals surface area contributed by atoms with E-state index in [-0.39, 0.29) is 6.10 Å². The maximum atomic E-state index is 11.1. The highest BCUT2D eigenvalue weighted by atomic mass is 16.3. The molecule has 0 radical (unpaired) electrons. The van der Waals surface area contributed by atoms with Gasteiger partial charge in [-0.3, -0.25) is 4.98 Å². The van der Waals surface area contributed by atoms with E-state index in [2.05, 4.69) is 32.7 Å². The molecule has 5 rings (SSSR count). The average Bonchev–Trinajstić information content (AvgIpc) is 3.20. The first-order valence-corrected chi connectivity index (χ1v) is 14.5. The van der Waals surface area contributed by atoms with Crippen molar-refractivity contribution >= 4 is 0 Å². The Hall–Kier alpha value is -0.930. The maximum absolute atomic E-state index is 11.1. The first-order chi connectivity index (χ1) is 16.2. The summed E-state index contributed by atoms with van der Waals surface area (Å²) < 4.78 is 0. The molecule has 1 aromatic heterocycles. The Balaban J connectivity index is 1.25. The molecule has 0 saturated heterocycles. The van der Waals surface area contributed by atoms with E-state index in [1.807, 2.05) is 18.3 Å². The van der Waals surface area contributed by atoms with E-state index in [4.69, 9.17) is 0 Å². The number of aromatic nitrogens is 1. The van der Waals surface area contributed by atoms with Crippen molar-refractivity contribution in [3.8, 4) is 0 Å². The van der Waals surface area contributed by atoms with E-state index in [1.165, 1.54) is 44.9 Å². The van der Waals surface area contributed by atoms with E-state index in [0.29, 0.717) is 16.7 Å². The van der Waals surface area contributed by atoms with Crippen molar-refractivity contribution in [1.29, 1.82) is 0 Å². The Labute approximate surface area is 208 Å². The van der Waals surface area contributed by atoms with Crippen molar-refractivity contribution in [2.24, 2.45) is 46.3 Å². The lowest BCUT2D eigenvalue weighted by molar-refractivity contribution is -0.152. The topological polar surface area (TPSA) is 53.4 Å². The zero-order chi connectivity index (χ0) is 24.1. The molecule has 0 amide bonds. The minimum absolute atomic E-state index is 0.389. The van der Waals surface area contributed by atoms with Crippen LogP contribution in [0.3, 0.4) is 0 Å². The Morgan fingerprint density at radius 1 is 1.00 bits per heavy atom. The SMILES string of the molecule is CC[C@]1(O)CC[C@@]2(C)[C@@H](CC[C@@H]3[C@@H]2CC[C@]2(C)[C@@H]([C@H](C)CCC(O)c4cccnc4)CC[C@@H]32)C1. The van der Waals surface area contributed by atoms with Gasteiger partial charge >= 0.3 is 0 Å². The van der Waals surface area contributed by atoms with Gasteiger partial charge in [0.25, 0.3) is 0 Å². The zero-order valence-electron chi connectivity index (χ0n) is 22.2. The molecule has 1 aromatic rings. The predicted molar refractivity (Wildman–Crippen MR) is 138 cm³/mol. The van der Waals surface area contributed by atoms with Crippen molar-refractivity contribution in [1.82, 2.24) is 4.98 Å². The number of aliphatic hydroxyl groups excluding tert-OH is 1. The second-order valence-corrected chi connectivity index (χ2v) is 13.5. The molecule has 0 bridgehead atoms. The minimum atomic E-state index is -0.394. The number of rotatable bonds is 6. The third kappa shape index (κ3) is 4.07. The summed E-state index contributed by atoms with van der Waals surface area (Å²) >= 11 is 0. The lowest BCUT2D eigenvalue weighted by atomic mass is 9.43. The van der Waals surface area contributed by atoms with E-state index in [0.717, 1.165) is 67.3 Å². The third-order valence-corrected chi connectivity index (χ3v) is 12.2. The van der Waals surface area contributed by atoms with Gasteiger partial charge in [-0.2, -0.15) is 0 Å². The highest BCUT2D eigenvalue weighted by Crippen LogP contribution is 2.69. The molecule has 4 aliphatic carbocycles. The number of nitrogens with zero attached hydrogens (tertiary/aromatic N) is 1. The van der Waals surface area contributed by atoms with E-state index in [1.54, 1.807) is 6.20 Å². The largest absolute Gasteiger partial charge is 0.390 e. The molecule has 2 N–H and O–H groups in total. The van der Waals surface area contributed by atoms with Crippen LogP contribution in [0.25, 0.3) is 0 Å². The normalized spacial score (nSPS) is 45.6. The summed E-state index contributed by atoms with van der Waals surface area (Å²) in [4.78, 5) is 4.19. The van der Waals surface area contributed by atoms with Gasteiger partial charge in [0.15, 0.2) is 0 Å². The van der Waals surface area contributed by atoms with Gasteiger partial charge in [-0.15, -0.1) is 0 Å². The molecule has 0 spiro atoms. The van der Waals surface area contributed by atoms with Gasteiger partial charge in [0.2, 0.25) is 0 Å². The van der Waals surface area contributed by atoms with Crippen LogP contribution in [0.15, 0.2) is 24.5 Å². The van der Waals surface area contributed by atoms with Gasteiger partial charge in [0.1, 0.15) is 0 Å². The fourth-order valence-corrected chi connectivity index (χ4v) is 9.98. The van der Waals surface area contributed by atoms with Crippen molar-refractivity contribution in [3.63, 3.8) is 0 Å². The van der Waals surface area contributed by atoms with Crippen LogP contribution in [0.2, 0.25) is 0 Å². The summed E-state index contributed by atoms with van der Waals surface area (Å²) in [6.45, 7) is 9.90. The Bertz CT molecular complexity index is 843. The van der Waals surface area contributed by atoms with Gasteiger partial charge in [0.05, 0.1) is 11.7 Å². The van der Waals surface area contributed by atoms with Crippen molar-refractivity contribution in [2.75, 3.05) is 0 Å². The summed E-state index contributed by atoms with van der Waals surface area (Å²) in [5.41, 5.74) is 1.48. The first-order valence-electron chi connectivity index (χ1n) is 14.5. The molecule has 1 unspecified atom stereocenters. The molecular formula is C31H49NO2. The van der Waals surface area contributed by atoms with Crippen LogP contribution in [0.4, 0.5) is 0 Å². The summed E-state index contributed by atoms with van der Waals surface area (Å²) in [5.74, 6) is 4.83. The molecule has 0 aliphatic heterocycles. The Morgan fingerprint density at radius 3 is 2.53 bits per heavy atom. The third-order valence-electron chi connectivity index (χ3n) is 12.2. The summed E-state index contributed by atoms with van der Waals surface area (Å²) in [5, 5.41) is 21.8. The molecule has 4 saturated carbocycles. The fraction of sp³-hybridized carbons (Fsp3) is 0.839. The Morgan fingerprint density at radius 2 is 1.79 bits per heavy atom. The summed E-state index contributed by atoms with van der Waals surface area (Å²) in [6.07, 6.45) is 17.7. The van der Waals surface area contributed by atoms with Crippen LogP contribution >= 0.6 is 0 Å². The molecule has 190 valence electrons. The minimum Gasteiger partial charge on any atom is -0.390 e. The molecule has 4 fully saturated rings. The molecule has 4 aliphatic rings. The van der Waals surface area contributed by atoms with Crippen molar-refractivity contribution < 1.29 is 10.2 Å². The number of fused-ring (bicyclic) bond motifs is 5. The van der Waals surface area contributed by atoms with Crippen LogP contribution in [0.5, 0.6) is 0 Å². The van der Waals surface area contributed by atoms with Gasteiger partial charge in [-0.25, -0.2) is 0 Å². The molecular weight excluding hydrogens is 418 g/mol. The lowest BCUT2D eigenvalue weighted by Crippen LogP contribution is -2.56. The van der Waals surface area contributed by atoms with Crippen LogP contribution in [0, 0.1) is 46.3 Å². The predicted octanol–water partition coefficient (Wildman–Crippen LogP) is 7.33. The quantitative estimate of drug-likeness (QED) is 0.460. The number of aliphatic hydroxyl groups is 2. The smallest absolute Gasteiger partial charge is 0.0805 e. The van der Waals surface area contributed by atoms with Crippen LogP contribution in [-0.2, 0) is 0 Å². The van der Waals surface area contributed by atoms with Crippen molar-refractivity contribution in [3.05, 3.63) is 30.1 Å². The van der Waals surface area contributed by atoms with Crippen LogP contribution in [-0.4, -0.2) is 20.8 Å². The second-order valence-electron chi connectivity index (χ2n) is 13.5. The fourth-order valence-electron chi connectivity index (χ4n) is 9.98. The van der Waals surface area contributed by atoms with Crippen LogP contribution < -0.4 is 0 Å². The monoisotopic (exact) mass is 467 g/mol. The van der Waals surface area contributed by atoms with Crippen molar-refractivity contribution in [2.45, 2.75) is 116 Å². The van der Waals surface area contributed by atoms with Gasteiger partial charge < -0.3 is 10.2 Å². The highest BCUT2D eigenvalue weighted by molar-refractivity contribution is 5.13. The van der Waals surface area contributed by atoms with Gasteiger partial charge in [-0.1, -0.05) is 33.8 Å². The van der Waals surface area contributed by atoms with Crippen LogP contribution in [0.1, 0.15) is 116 Å². The molecule has 3 nitrogen and oxygen atoms in total. The lowest BCUT2D eigenvalue weighted by Gasteiger charge is -2.62. The summed E-state index contributed by atoms with van der Waals surface area (Å²) in [7, 11) is 0. The highest BCUT2D eigenvalue weighted by Gasteiger charge is 2.61. The first kappa shape index (κ1) is 24.8. The van der Waals surface area contributed by atoms with E-state index >= 15 is 0 Å². The van der Waals surface area contributed by atoms with Gasteiger partial charge in [-0.05, 0) is 135 Å². The maximum Gasteiger partial charge on any atom is 0.0805 e. The average molecular weight is 468 g/mol. The standard InChI is InChI=1S/C31H49NO2/c1-5-31(34)17-16-29(3)23(19-31)9-10-24-26-12-11-25(30(26,4)15-14-27(24)29)21(2)8-13-28(33)22-7-6-18-32-20-22/h6-7,18,20-21,23-28,33-34H,5,8-17,19H2,1-4H3/t21-,23+,24+,25-,26+,27+,28?,29+,30-,31+/m1/s1. The molecule has 10 atom stereocenters. The molecule has 34 heavy (non-hydrogen) atoms. The molecule has 0 aromatic carbocycles. The summed E-state index contributed by atoms with van der Waals surface area (Å²) in [6, 6.07) is 3.92. The Kier molecular flexibility index (Phi) is 6.68. The molecule has 1 heterocycles. The van der Waals surface area contributed by atoms with E-state index < -0.39 is 5.60 Å². The number of pyridine rings is 1. The van der Waals surface area contributed by atoms with Gasteiger partial charge in [0, 0.05) is 12.4 Å². The molecule has 3 heteroatoms. The zero-order valence-corrected chi connectivity index (χ0v) is 22.2. The second kappa shape index (κ2) is 9.18. The van der Waals surface area contributed by atoms with E-state index in [9.17, 15) is 10.2 Å². The number of hydrogen-bond acceptors (Lipinski definition) is 3.